The molecule has 2 N–H and O–H groups in total. The summed E-state index contributed by atoms with van der Waals surface area (Å²) in [4.78, 5) is 14.9. The summed E-state index contributed by atoms with van der Waals surface area (Å²) in [6, 6.07) is 14.1. The molecule has 43 heavy (non-hydrogen) atoms. The number of hydrogen-bond acceptors (Lipinski definition) is 7. The lowest BCUT2D eigenvalue weighted by Crippen LogP contribution is -2.48. The van der Waals surface area contributed by atoms with E-state index in [1.54, 1.807) is 6.92 Å². The number of benzene rings is 3. The van der Waals surface area contributed by atoms with Gasteiger partial charge in [0.05, 0.1) is 35.4 Å². The van der Waals surface area contributed by atoms with Crippen LogP contribution in [0, 0.1) is 11.7 Å². The second kappa shape index (κ2) is 13.2. The summed E-state index contributed by atoms with van der Waals surface area (Å²) < 4.78 is 75.8. The number of carbonyl (C=O) groups is 1. The molecule has 0 saturated heterocycles. The van der Waals surface area contributed by atoms with E-state index in [1.807, 2.05) is 6.92 Å². The fourth-order valence-electron chi connectivity index (χ4n) is 4.68. The van der Waals surface area contributed by atoms with Crippen molar-refractivity contribution in [1.82, 2.24) is 9.21 Å². The number of anilines is 1. The molecule has 3 aromatic rings. The first-order valence-corrected chi connectivity index (χ1v) is 16.7. The highest BCUT2D eigenvalue weighted by molar-refractivity contribution is 7.92. The van der Waals surface area contributed by atoms with Gasteiger partial charge in [0.2, 0.25) is 15.9 Å². The second-order valence-corrected chi connectivity index (χ2v) is 14.7. The molecule has 3 atom stereocenters. The number of carbonyl (C=O) groups excluding carboxylic acids is 1. The standard InChI is InChI=1S/C29H33ClFN3O7S2/c1-19-16-34(20(2)18-35)29(36)15-21-14-24(32-42(37,38)25-11-6-23(31)7-12-25)8-13-27(21)41-28(19)17-33(3)43(39,40)26-9-4-22(30)5-10-26/h4-14,19-20,28,32,35H,15-18H2,1-3H3/t19-,20+,28-/m1/s1. The van der Waals surface area contributed by atoms with Crippen molar-refractivity contribution in [3.05, 3.63) is 83.1 Å². The second-order valence-electron chi connectivity index (χ2n) is 10.5. The third-order valence-corrected chi connectivity index (χ3v) is 10.7. The van der Waals surface area contributed by atoms with E-state index in [-0.39, 0.29) is 59.2 Å². The molecule has 10 nitrogen and oxygen atoms in total. The number of aliphatic hydroxyl groups is 1. The van der Waals surface area contributed by atoms with Gasteiger partial charge in [-0.05, 0) is 73.7 Å². The van der Waals surface area contributed by atoms with Crippen molar-refractivity contribution in [2.75, 3.05) is 31.5 Å². The summed E-state index contributed by atoms with van der Waals surface area (Å²) in [5.74, 6) is -0.988. The molecule has 0 aromatic heterocycles. The number of likely N-dealkylation sites (N-methyl/N-ethyl adjacent to an activating group) is 1. The Morgan fingerprint density at radius 3 is 2.33 bits per heavy atom. The zero-order valence-electron chi connectivity index (χ0n) is 23.8. The Morgan fingerprint density at radius 2 is 1.70 bits per heavy atom. The molecule has 232 valence electrons. The zero-order chi connectivity index (χ0) is 31.5. The largest absolute Gasteiger partial charge is 0.488 e. The Balaban J connectivity index is 1.68. The van der Waals surface area contributed by atoms with E-state index in [0.29, 0.717) is 10.6 Å². The molecule has 0 fully saturated rings. The van der Waals surface area contributed by atoms with Crippen LogP contribution in [-0.4, -0.2) is 75.9 Å². The van der Waals surface area contributed by atoms with Crippen molar-refractivity contribution >= 4 is 43.2 Å². The van der Waals surface area contributed by atoms with Gasteiger partial charge in [-0.15, -0.1) is 0 Å². The minimum atomic E-state index is -4.07. The number of aliphatic hydroxyl groups excluding tert-OH is 1. The van der Waals surface area contributed by atoms with E-state index in [9.17, 15) is 31.1 Å². The summed E-state index contributed by atoms with van der Waals surface area (Å²) in [5.41, 5.74) is 0.509. The molecule has 1 heterocycles. The number of sulfonamides is 2. The van der Waals surface area contributed by atoms with Crippen LogP contribution in [0.3, 0.4) is 0 Å². The Morgan fingerprint density at radius 1 is 1.07 bits per heavy atom. The monoisotopic (exact) mass is 653 g/mol. The van der Waals surface area contributed by atoms with Gasteiger partial charge in [-0.1, -0.05) is 18.5 Å². The predicted octanol–water partition coefficient (Wildman–Crippen LogP) is 3.75. The first-order valence-electron chi connectivity index (χ1n) is 13.4. The average Bonchev–Trinajstić information content (AvgIpc) is 3.00. The van der Waals surface area contributed by atoms with Gasteiger partial charge in [-0.2, -0.15) is 4.31 Å². The van der Waals surface area contributed by atoms with Gasteiger partial charge < -0.3 is 14.7 Å². The third kappa shape index (κ3) is 7.65. The van der Waals surface area contributed by atoms with E-state index in [0.717, 1.165) is 24.3 Å². The van der Waals surface area contributed by atoms with Crippen LogP contribution in [-0.2, 0) is 31.3 Å². The summed E-state index contributed by atoms with van der Waals surface area (Å²) in [7, 11) is -6.55. The molecule has 0 spiro atoms. The predicted molar refractivity (Wildman–Crippen MR) is 160 cm³/mol. The van der Waals surface area contributed by atoms with Crippen LogP contribution in [0.1, 0.15) is 19.4 Å². The first kappa shape index (κ1) is 32.7. The fourth-order valence-corrected chi connectivity index (χ4v) is 7.04. The van der Waals surface area contributed by atoms with Gasteiger partial charge in [-0.3, -0.25) is 9.52 Å². The summed E-state index contributed by atoms with van der Waals surface area (Å²) in [6.45, 7) is 3.34. The van der Waals surface area contributed by atoms with Crippen LogP contribution < -0.4 is 9.46 Å². The maximum atomic E-state index is 13.4. The van der Waals surface area contributed by atoms with Crippen molar-refractivity contribution in [3.8, 4) is 5.75 Å². The number of nitrogens with zero attached hydrogens (tertiary/aromatic N) is 2. The van der Waals surface area contributed by atoms with Crippen molar-refractivity contribution in [2.45, 2.75) is 42.2 Å². The number of nitrogens with one attached hydrogen (secondary N) is 1. The SMILES string of the molecule is C[C@@H]1CN([C@@H](C)CO)C(=O)Cc2cc(NS(=O)(=O)c3ccc(F)cc3)ccc2O[C@@H]1CN(C)S(=O)(=O)c1ccc(Cl)cc1. The highest BCUT2D eigenvalue weighted by atomic mass is 35.5. The quantitative estimate of drug-likeness (QED) is 0.359. The van der Waals surface area contributed by atoms with Crippen molar-refractivity contribution in [1.29, 1.82) is 0 Å². The number of hydrogen-bond donors (Lipinski definition) is 2. The topological polar surface area (TPSA) is 133 Å². The third-order valence-electron chi connectivity index (χ3n) is 7.25. The Kier molecular flexibility index (Phi) is 10.0. The molecular weight excluding hydrogens is 621 g/mol. The molecule has 1 aliphatic heterocycles. The van der Waals surface area contributed by atoms with E-state index in [1.165, 1.54) is 58.7 Å². The first-order chi connectivity index (χ1) is 20.2. The van der Waals surface area contributed by atoms with Gasteiger partial charge in [0.25, 0.3) is 10.0 Å². The number of fused-ring (bicyclic) bond motifs is 1. The Bertz CT molecular complexity index is 1670. The van der Waals surface area contributed by atoms with Gasteiger partial charge in [0.15, 0.2) is 0 Å². The Labute approximate surface area is 256 Å². The van der Waals surface area contributed by atoms with Gasteiger partial charge in [-0.25, -0.2) is 21.2 Å². The lowest BCUT2D eigenvalue weighted by molar-refractivity contribution is -0.134. The average molecular weight is 654 g/mol. The molecule has 3 aromatic carbocycles. The molecule has 14 heteroatoms. The molecule has 0 saturated carbocycles. The van der Waals surface area contributed by atoms with Crippen LogP contribution in [0.25, 0.3) is 0 Å². The highest BCUT2D eigenvalue weighted by Gasteiger charge is 2.33. The zero-order valence-corrected chi connectivity index (χ0v) is 26.2. The molecule has 1 amide bonds. The van der Waals surface area contributed by atoms with Crippen molar-refractivity contribution in [2.24, 2.45) is 5.92 Å². The lowest BCUT2D eigenvalue weighted by Gasteiger charge is -2.33. The van der Waals surface area contributed by atoms with Gasteiger partial charge in [0, 0.05) is 35.8 Å². The summed E-state index contributed by atoms with van der Waals surface area (Å²) in [5, 5.41) is 10.3. The maximum absolute atomic E-state index is 13.4. The van der Waals surface area contributed by atoms with E-state index in [2.05, 4.69) is 4.72 Å². The van der Waals surface area contributed by atoms with Crippen LogP contribution in [0.5, 0.6) is 5.75 Å². The van der Waals surface area contributed by atoms with E-state index < -0.39 is 38.0 Å². The minimum absolute atomic E-state index is 0.0549. The minimum Gasteiger partial charge on any atom is -0.488 e. The normalized spacial score (nSPS) is 18.7. The lowest BCUT2D eigenvalue weighted by atomic mass is 10.0. The summed E-state index contributed by atoms with van der Waals surface area (Å²) in [6.07, 6.45) is -0.892. The highest BCUT2D eigenvalue weighted by Crippen LogP contribution is 2.31. The molecule has 0 bridgehead atoms. The van der Waals surface area contributed by atoms with Gasteiger partial charge >= 0.3 is 0 Å². The fraction of sp³-hybridized carbons (Fsp3) is 0.345. The van der Waals surface area contributed by atoms with Crippen molar-refractivity contribution in [3.63, 3.8) is 0 Å². The molecule has 0 radical (unpaired) electrons. The molecule has 1 aliphatic rings. The van der Waals surface area contributed by atoms with Crippen LogP contribution in [0.4, 0.5) is 10.1 Å². The van der Waals surface area contributed by atoms with Crippen LogP contribution in [0.15, 0.2) is 76.5 Å². The molecule has 0 unspecified atom stereocenters. The van der Waals surface area contributed by atoms with E-state index in [4.69, 9.17) is 16.3 Å². The maximum Gasteiger partial charge on any atom is 0.261 e. The number of rotatable bonds is 9. The number of ether oxygens (including phenoxy) is 1. The van der Waals surface area contributed by atoms with Crippen molar-refractivity contribution < 1.29 is 35.9 Å². The van der Waals surface area contributed by atoms with E-state index >= 15 is 0 Å². The smallest absolute Gasteiger partial charge is 0.261 e. The molecular formula is C29H33ClFN3O7S2. The Hall–Kier alpha value is -3.23. The number of halogens is 2. The van der Waals surface area contributed by atoms with Crippen LogP contribution >= 0.6 is 11.6 Å². The molecule has 4 rings (SSSR count). The molecule has 0 aliphatic carbocycles. The summed E-state index contributed by atoms with van der Waals surface area (Å²) >= 11 is 5.93. The number of amides is 1. The van der Waals surface area contributed by atoms with Crippen LogP contribution in [0.2, 0.25) is 5.02 Å². The van der Waals surface area contributed by atoms with Gasteiger partial charge in [0.1, 0.15) is 17.7 Å².